The van der Waals surface area contributed by atoms with E-state index in [2.05, 4.69) is 10.3 Å². The summed E-state index contributed by atoms with van der Waals surface area (Å²) in [6.45, 7) is 3.56. The zero-order valence-corrected chi connectivity index (χ0v) is 23.7. The number of imidazole rings is 1. The van der Waals surface area contributed by atoms with Gasteiger partial charge in [-0.15, -0.1) is 0 Å². The number of nitrogens with two attached hydrogens (primary N) is 1. The first kappa shape index (κ1) is 27.3. The molecular formula is C33H27N7O3. The molecule has 4 aromatic heterocycles. The Morgan fingerprint density at radius 3 is 2.42 bits per heavy atom. The monoisotopic (exact) mass is 569 g/mol. The number of fused-ring (bicyclic) bond motifs is 1. The lowest BCUT2D eigenvalue weighted by Gasteiger charge is -2.13. The van der Waals surface area contributed by atoms with E-state index < -0.39 is 5.97 Å². The van der Waals surface area contributed by atoms with E-state index in [1.165, 1.54) is 7.11 Å². The molecule has 6 rings (SSSR count). The van der Waals surface area contributed by atoms with E-state index in [0.29, 0.717) is 62.3 Å². The van der Waals surface area contributed by atoms with Crippen molar-refractivity contribution in [2.45, 2.75) is 13.8 Å². The zero-order valence-electron chi connectivity index (χ0n) is 23.7. The molecule has 212 valence electrons. The largest absolute Gasteiger partial charge is 0.465 e. The van der Waals surface area contributed by atoms with Crippen molar-refractivity contribution in [3.05, 3.63) is 114 Å². The Hall–Kier alpha value is -5.90. The standard InChI is InChI=1S/C33H27N7O3/c1-19-18-22(11-12-23(19)33(42)43-3)32(41)39-25-15-16-28(36-20(25)2)40-30(24-10-7-17-35-29(24)34)38-27-14-13-26(37-31(27)40)21-8-5-4-6-9-21/h4-18H,1-3H3,(H2,34,35)(H,39,41). The van der Waals surface area contributed by atoms with Crippen LogP contribution in [0.25, 0.3) is 39.6 Å². The number of carbonyl (C=O) groups excluding carboxylic acids is 2. The number of amides is 1. The van der Waals surface area contributed by atoms with Crippen LogP contribution in [0.5, 0.6) is 0 Å². The quantitative estimate of drug-likeness (QED) is 0.241. The van der Waals surface area contributed by atoms with Crippen molar-refractivity contribution in [2.24, 2.45) is 0 Å². The Morgan fingerprint density at radius 2 is 1.70 bits per heavy atom. The van der Waals surface area contributed by atoms with Crippen molar-refractivity contribution in [1.82, 2.24) is 24.5 Å². The van der Waals surface area contributed by atoms with Crippen LogP contribution in [0, 0.1) is 13.8 Å². The number of anilines is 2. The molecule has 0 bridgehead atoms. The van der Waals surface area contributed by atoms with Crippen LogP contribution in [-0.2, 0) is 4.74 Å². The van der Waals surface area contributed by atoms with Crippen molar-refractivity contribution < 1.29 is 14.3 Å². The van der Waals surface area contributed by atoms with Crippen molar-refractivity contribution >= 4 is 34.5 Å². The second-order valence-corrected chi connectivity index (χ2v) is 9.89. The Morgan fingerprint density at radius 1 is 0.884 bits per heavy atom. The third kappa shape index (κ3) is 5.17. The van der Waals surface area contributed by atoms with Crippen LogP contribution in [0.4, 0.5) is 11.5 Å². The van der Waals surface area contributed by atoms with E-state index in [-0.39, 0.29) is 5.91 Å². The Balaban J connectivity index is 1.41. The Kier molecular flexibility index (Phi) is 7.09. The molecule has 10 nitrogen and oxygen atoms in total. The molecule has 0 aliphatic carbocycles. The maximum Gasteiger partial charge on any atom is 0.338 e. The molecular weight excluding hydrogens is 542 g/mol. The fourth-order valence-corrected chi connectivity index (χ4v) is 4.87. The summed E-state index contributed by atoms with van der Waals surface area (Å²) in [7, 11) is 1.32. The molecule has 0 aliphatic heterocycles. The molecule has 0 radical (unpaired) electrons. The van der Waals surface area contributed by atoms with Gasteiger partial charge < -0.3 is 15.8 Å². The summed E-state index contributed by atoms with van der Waals surface area (Å²) in [6, 6.07) is 25.8. The number of benzene rings is 2. The molecule has 0 atom stereocenters. The predicted molar refractivity (Wildman–Crippen MR) is 165 cm³/mol. The highest BCUT2D eigenvalue weighted by Crippen LogP contribution is 2.32. The molecule has 1 amide bonds. The maximum absolute atomic E-state index is 13.1. The first-order valence-corrected chi connectivity index (χ1v) is 13.5. The van der Waals surface area contributed by atoms with Crippen LogP contribution < -0.4 is 11.1 Å². The number of esters is 1. The number of nitrogen functional groups attached to an aromatic ring is 1. The van der Waals surface area contributed by atoms with Crippen LogP contribution >= 0.6 is 0 Å². The maximum atomic E-state index is 13.1. The summed E-state index contributed by atoms with van der Waals surface area (Å²) in [5, 5.41) is 2.92. The number of nitrogens with one attached hydrogen (secondary N) is 1. The van der Waals surface area contributed by atoms with E-state index >= 15 is 0 Å². The summed E-state index contributed by atoms with van der Waals surface area (Å²) in [5.74, 6) is 0.639. The number of pyridine rings is 3. The normalized spacial score (nSPS) is 11.0. The van der Waals surface area contributed by atoms with E-state index in [1.54, 1.807) is 49.5 Å². The van der Waals surface area contributed by atoms with Crippen LogP contribution in [0.2, 0.25) is 0 Å². The van der Waals surface area contributed by atoms with Crippen LogP contribution in [0.1, 0.15) is 32.0 Å². The van der Waals surface area contributed by atoms with Crippen LogP contribution in [0.3, 0.4) is 0 Å². The number of hydrogen-bond acceptors (Lipinski definition) is 8. The molecule has 0 fully saturated rings. The number of aromatic nitrogens is 5. The first-order chi connectivity index (χ1) is 20.8. The fraction of sp³-hybridized carbons (Fsp3) is 0.0909. The van der Waals surface area contributed by atoms with E-state index in [9.17, 15) is 9.59 Å². The molecule has 0 unspecified atom stereocenters. The van der Waals surface area contributed by atoms with Gasteiger partial charge in [0.15, 0.2) is 11.5 Å². The number of rotatable bonds is 6. The van der Waals surface area contributed by atoms with E-state index in [0.717, 1.165) is 11.3 Å². The Labute approximate surface area is 247 Å². The minimum atomic E-state index is -0.454. The summed E-state index contributed by atoms with van der Waals surface area (Å²) < 4.78 is 6.65. The lowest BCUT2D eigenvalue weighted by molar-refractivity contribution is 0.0599. The Bertz CT molecular complexity index is 2020. The summed E-state index contributed by atoms with van der Waals surface area (Å²) in [5.41, 5.74) is 12.5. The van der Waals surface area contributed by atoms with Gasteiger partial charge >= 0.3 is 5.97 Å². The molecule has 0 saturated carbocycles. The highest BCUT2D eigenvalue weighted by molar-refractivity contribution is 6.05. The summed E-state index contributed by atoms with van der Waals surface area (Å²) in [6.07, 6.45) is 1.63. The first-order valence-electron chi connectivity index (χ1n) is 13.5. The highest BCUT2D eigenvalue weighted by Gasteiger charge is 2.21. The summed E-state index contributed by atoms with van der Waals surface area (Å²) >= 11 is 0. The van der Waals surface area contributed by atoms with Gasteiger partial charge in [-0.2, -0.15) is 0 Å². The molecule has 0 spiro atoms. The number of methoxy groups -OCH3 is 1. The minimum absolute atomic E-state index is 0.330. The van der Waals surface area contributed by atoms with Gasteiger partial charge in [-0.05, 0) is 74.0 Å². The molecule has 3 N–H and O–H groups in total. The fourth-order valence-electron chi connectivity index (χ4n) is 4.87. The van der Waals surface area contributed by atoms with Crippen molar-refractivity contribution in [1.29, 1.82) is 0 Å². The predicted octanol–water partition coefficient (Wildman–Crippen LogP) is 5.78. The third-order valence-corrected chi connectivity index (χ3v) is 7.10. The average molecular weight is 570 g/mol. The zero-order chi connectivity index (χ0) is 30.1. The second kappa shape index (κ2) is 11.2. The average Bonchev–Trinajstić information content (AvgIpc) is 3.40. The number of carbonyl (C=O) groups is 2. The lowest BCUT2D eigenvalue weighted by Crippen LogP contribution is -2.15. The molecule has 0 saturated heterocycles. The van der Waals surface area contributed by atoms with Gasteiger partial charge in [0.1, 0.15) is 17.2 Å². The molecule has 10 heteroatoms. The van der Waals surface area contributed by atoms with Gasteiger partial charge in [0.05, 0.1) is 35.3 Å². The number of nitrogens with zero attached hydrogens (tertiary/aromatic N) is 5. The number of aryl methyl sites for hydroxylation is 2. The summed E-state index contributed by atoms with van der Waals surface area (Å²) in [4.78, 5) is 44.0. The van der Waals surface area contributed by atoms with Crippen LogP contribution in [-0.4, -0.2) is 43.5 Å². The van der Waals surface area contributed by atoms with Gasteiger partial charge in [0, 0.05) is 17.3 Å². The number of hydrogen-bond donors (Lipinski definition) is 2. The van der Waals surface area contributed by atoms with Gasteiger partial charge in [0.2, 0.25) is 0 Å². The highest BCUT2D eigenvalue weighted by atomic mass is 16.5. The minimum Gasteiger partial charge on any atom is -0.465 e. The van der Waals surface area contributed by atoms with Gasteiger partial charge in [0.25, 0.3) is 5.91 Å². The molecule has 6 aromatic rings. The molecule has 2 aromatic carbocycles. The van der Waals surface area contributed by atoms with Crippen molar-refractivity contribution in [2.75, 3.05) is 18.2 Å². The van der Waals surface area contributed by atoms with Gasteiger partial charge in [-0.1, -0.05) is 30.3 Å². The molecule has 4 heterocycles. The van der Waals surface area contributed by atoms with Crippen molar-refractivity contribution in [3.8, 4) is 28.5 Å². The van der Waals surface area contributed by atoms with Gasteiger partial charge in [-0.25, -0.2) is 24.7 Å². The number of ether oxygens (including phenoxy) is 1. The van der Waals surface area contributed by atoms with E-state index in [1.807, 2.05) is 60.0 Å². The van der Waals surface area contributed by atoms with E-state index in [4.69, 9.17) is 25.4 Å². The molecule has 0 aliphatic rings. The topological polar surface area (TPSA) is 138 Å². The second-order valence-electron chi connectivity index (χ2n) is 9.89. The molecule has 43 heavy (non-hydrogen) atoms. The van der Waals surface area contributed by atoms with Crippen LogP contribution in [0.15, 0.2) is 91.1 Å². The van der Waals surface area contributed by atoms with Crippen molar-refractivity contribution in [3.63, 3.8) is 0 Å². The third-order valence-electron chi connectivity index (χ3n) is 7.10. The SMILES string of the molecule is COC(=O)c1ccc(C(=O)Nc2ccc(-n3c(-c4cccnc4N)nc4ccc(-c5ccccc5)nc43)nc2C)cc1C. The lowest BCUT2D eigenvalue weighted by atomic mass is 10.0. The smallest absolute Gasteiger partial charge is 0.338 e. The van der Waals surface area contributed by atoms with Gasteiger partial charge in [-0.3, -0.25) is 9.36 Å².